The number of halogens is 1. The van der Waals surface area contributed by atoms with E-state index >= 15 is 0 Å². The van der Waals surface area contributed by atoms with Crippen molar-refractivity contribution in [3.63, 3.8) is 0 Å². The molecule has 1 aromatic rings. The normalized spacial score (nSPS) is 10.9. The van der Waals surface area contributed by atoms with Gasteiger partial charge in [-0.05, 0) is 26.0 Å². The highest BCUT2D eigenvalue weighted by atomic mass is 35.5. The van der Waals surface area contributed by atoms with Gasteiger partial charge in [-0.3, -0.25) is 0 Å². The Hall–Kier alpha value is -1.13. The fourth-order valence-corrected chi connectivity index (χ4v) is 1.61. The highest BCUT2D eigenvalue weighted by Crippen LogP contribution is 2.35. The third kappa shape index (κ3) is 1.79. The molecule has 0 aliphatic carbocycles. The van der Waals surface area contributed by atoms with Gasteiger partial charge in [-0.25, -0.2) is 0 Å². The van der Waals surface area contributed by atoms with Crippen LogP contribution in [0.4, 0.5) is 0 Å². The summed E-state index contributed by atoms with van der Waals surface area (Å²) in [5.74, 6) is 2.74. The highest BCUT2D eigenvalue weighted by molar-refractivity contribution is 6.31. The molecule has 13 heavy (non-hydrogen) atoms. The van der Waals surface area contributed by atoms with Gasteiger partial charge in [0.2, 0.25) is 0 Å². The minimum absolute atomic E-state index is 0.149. The number of hydrogen-bond acceptors (Lipinski definition) is 1. The van der Waals surface area contributed by atoms with E-state index in [4.69, 9.17) is 18.0 Å². The van der Waals surface area contributed by atoms with Crippen LogP contribution in [0.3, 0.4) is 0 Å². The fraction of sp³-hybridized carbons (Fsp3) is 0.273. The molecule has 0 radical (unpaired) electrons. The smallest absolute Gasteiger partial charge is 0.121 e. The first kappa shape index (κ1) is 9.95. The van der Waals surface area contributed by atoms with Gasteiger partial charge in [0.1, 0.15) is 5.75 Å². The van der Waals surface area contributed by atoms with Crippen molar-refractivity contribution in [3.05, 3.63) is 28.8 Å². The Labute approximate surface area is 83.4 Å². The van der Waals surface area contributed by atoms with Crippen LogP contribution >= 0.6 is 11.6 Å². The van der Waals surface area contributed by atoms with Gasteiger partial charge in [-0.1, -0.05) is 23.6 Å². The van der Waals surface area contributed by atoms with Crippen LogP contribution in [-0.4, -0.2) is 5.11 Å². The molecule has 0 aliphatic rings. The number of hydrogen-bond donors (Lipinski definition) is 1. The Morgan fingerprint density at radius 2 is 2.08 bits per heavy atom. The van der Waals surface area contributed by atoms with Crippen molar-refractivity contribution in [1.82, 2.24) is 0 Å². The van der Waals surface area contributed by atoms with Crippen LogP contribution < -0.4 is 0 Å². The van der Waals surface area contributed by atoms with Gasteiger partial charge in [0, 0.05) is 10.6 Å². The van der Waals surface area contributed by atoms with Gasteiger partial charge in [0.25, 0.3) is 0 Å². The van der Waals surface area contributed by atoms with E-state index in [9.17, 15) is 5.11 Å². The number of phenols is 1. The maximum atomic E-state index is 9.58. The average Bonchev–Trinajstić information content (AvgIpc) is 2.03. The fourth-order valence-electron chi connectivity index (χ4n) is 1.20. The lowest BCUT2D eigenvalue weighted by Gasteiger charge is -2.20. The van der Waals surface area contributed by atoms with Gasteiger partial charge in [-0.15, -0.1) is 6.42 Å². The second-order valence-electron chi connectivity index (χ2n) is 3.40. The minimum Gasteiger partial charge on any atom is -0.508 e. The summed E-state index contributed by atoms with van der Waals surface area (Å²) >= 11 is 5.94. The first-order chi connectivity index (χ1) is 5.99. The predicted octanol–water partition coefficient (Wildman–Crippen LogP) is 2.96. The maximum Gasteiger partial charge on any atom is 0.121 e. The van der Waals surface area contributed by atoms with E-state index in [1.54, 1.807) is 18.2 Å². The third-order valence-electron chi connectivity index (χ3n) is 1.98. The molecular weight excluding hydrogens is 184 g/mol. The monoisotopic (exact) mass is 194 g/mol. The average molecular weight is 195 g/mol. The molecule has 2 heteroatoms. The summed E-state index contributed by atoms with van der Waals surface area (Å²) in [6.07, 6.45) is 5.36. The first-order valence-electron chi connectivity index (χ1n) is 3.95. The van der Waals surface area contributed by atoms with E-state index in [0.717, 1.165) is 0 Å². The topological polar surface area (TPSA) is 20.2 Å². The van der Waals surface area contributed by atoms with Gasteiger partial charge >= 0.3 is 0 Å². The zero-order chi connectivity index (χ0) is 10.1. The molecule has 0 aliphatic heterocycles. The van der Waals surface area contributed by atoms with Crippen LogP contribution in [0.1, 0.15) is 19.4 Å². The third-order valence-corrected chi connectivity index (χ3v) is 2.29. The molecule has 1 nitrogen and oxygen atoms in total. The molecular formula is C11H11ClO. The number of phenolic OH excluding ortho intramolecular Hbond substituents is 1. The summed E-state index contributed by atoms with van der Waals surface area (Å²) in [6.45, 7) is 3.68. The second-order valence-corrected chi connectivity index (χ2v) is 3.81. The van der Waals surface area contributed by atoms with E-state index < -0.39 is 5.41 Å². The Bertz CT molecular complexity index is 341. The van der Waals surface area contributed by atoms with E-state index in [0.29, 0.717) is 10.6 Å². The van der Waals surface area contributed by atoms with Crippen LogP contribution in [0.25, 0.3) is 0 Å². The summed E-state index contributed by atoms with van der Waals surface area (Å²) in [6, 6.07) is 4.99. The maximum absolute atomic E-state index is 9.58. The van der Waals surface area contributed by atoms with Crippen molar-refractivity contribution in [1.29, 1.82) is 0 Å². The molecule has 0 spiro atoms. The van der Waals surface area contributed by atoms with Crippen molar-refractivity contribution in [2.45, 2.75) is 19.3 Å². The Morgan fingerprint density at radius 3 is 2.54 bits per heavy atom. The number of aromatic hydroxyl groups is 1. The van der Waals surface area contributed by atoms with Crippen LogP contribution in [0.5, 0.6) is 5.75 Å². The molecule has 0 unspecified atom stereocenters. The SMILES string of the molecule is C#CC(C)(C)c1c(O)cccc1Cl. The van der Waals surface area contributed by atoms with Crippen LogP contribution in [-0.2, 0) is 5.41 Å². The molecule has 0 amide bonds. The molecule has 0 fully saturated rings. The molecule has 0 saturated heterocycles. The molecule has 1 rings (SSSR count). The van der Waals surface area contributed by atoms with Gasteiger partial charge < -0.3 is 5.11 Å². The Balaban J connectivity index is 3.38. The lowest BCUT2D eigenvalue weighted by molar-refractivity contribution is 0.457. The minimum atomic E-state index is -0.539. The summed E-state index contributed by atoms with van der Waals surface area (Å²) < 4.78 is 0. The molecule has 0 aromatic heterocycles. The molecule has 0 saturated carbocycles. The van der Waals surface area contributed by atoms with Crippen LogP contribution in [0, 0.1) is 12.3 Å². The number of benzene rings is 1. The van der Waals surface area contributed by atoms with E-state index in [1.807, 2.05) is 13.8 Å². The molecule has 0 atom stereocenters. The Kier molecular flexibility index (Phi) is 2.54. The van der Waals surface area contributed by atoms with Crippen molar-refractivity contribution in [3.8, 4) is 18.1 Å². The lowest BCUT2D eigenvalue weighted by Crippen LogP contribution is -2.14. The molecule has 1 aromatic carbocycles. The lowest BCUT2D eigenvalue weighted by atomic mass is 9.85. The number of terminal acetylenes is 1. The molecule has 1 N–H and O–H groups in total. The molecule has 68 valence electrons. The van der Waals surface area contributed by atoms with Crippen LogP contribution in [0.15, 0.2) is 18.2 Å². The zero-order valence-electron chi connectivity index (χ0n) is 7.63. The van der Waals surface area contributed by atoms with Crippen molar-refractivity contribution >= 4 is 11.6 Å². The van der Waals surface area contributed by atoms with E-state index in [1.165, 1.54) is 0 Å². The van der Waals surface area contributed by atoms with Gasteiger partial charge in [0.15, 0.2) is 0 Å². The number of rotatable bonds is 1. The zero-order valence-corrected chi connectivity index (χ0v) is 8.39. The standard InChI is InChI=1S/C11H11ClO/c1-4-11(2,3)10-8(12)6-5-7-9(10)13/h1,5-7,13H,2-3H3. The summed E-state index contributed by atoms with van der Waals surface area (Å²) in [4.78, 5) is 0. The van der Waals surface area contributed by atoms with Gasteiger partial charge in [-0.2, -0.15) is 0 Å². The largest absolute Gasteiger partial charge is 0.508 e. The van der Waals surface area contributed by atoms with Crippen molar-refractivity contribution in [2.75, 3.05) is 0 Å². The Morgan fingerprint density at radius 1 is 1.46 bits per heavy atom. The quantitative estimate of drug-likeness (QED) is 0.682. The summed E-state index contributed by atoms with van der Waals surface area (Å²) in [5, 5.41) is 10.1. The highest BCUT2D eigenvalue weighted by Gasteiger charge is 2.23. The molecule has 0 heterocycles. The summed E-state index contributed by atoms with van der Waals surface area (Å²) in [5.41, 5.74) is 0.0711. The van der Waals surface area contributed by atoms with E-state index in [2.05, 4.69) is 5.92 Å². The summed E-state index contributed by atoms with van der Waals surface area (Å²) in [7, 11) is 0. The van der Waals surface area contributed by atoms with Crippen molar-refractivity contribution in [2.24, 2.45) is 0 Å². The van der Waals surface area contributed by atoms with Gasteiger partial charge in [0.05, 0.1) is 5.41 Å². The molecule has 0 bridgehead atoms. The first-order valence-corrected chi connectivity index (χ1v) is 4.32. The van der Waals surface area contributed by atoms with Crippen LogP contribution in [0.2, 0.25) is 5.02 Å². The van der Waals surface area contributed by atoms with Crippen molar-refractivity contribution < 1.29 is 5.11 Å². The predicted molar refractivity (Wildman–Crippen MR) is 55.0 cm³/mol. The van der Waals surface area contributed by atoms with E-state index in [-0.39, 0.29) is 5.75 Å². The second kappa shape index (κ2) is 3.32.